The van der Waals surface area contributed by atoms with Crippen molar-refractivity contribution in [3.63, 3.8) is 0 Å². The molecule has 2 N–H and O–H groups in total. The van der Waals surface area contributed by atoms with Crippen molar-refractivity contribution in [2.75, 3.05) is 18.4 Å². The van der Waals surface area contributed by atoms with E-state index in [4.69, 9.17) is 0 Å². The fourth-order valence-corrected chi connectivity index (χ4v) is 1.52. The highest BCUT2D eigenvalue weighted by atomic mass is 16.1. The second-order valence-corrected chi connectivity index (χ2v) is 3.75. The minimum atomic E-state index is -0.0576. The first-order chi connectivity index (χ1) is 8.79. The van der Waals surface area contributed by atoms with Gasteiger partial charge in [-0.05, 0) is 24.7 Å². The summed E-state index contributed by atoms with van der Waals surface area (Å²) in [4.78, 5) is 11.6. The average molecular weight is 245 g/mol. The van der Waals surface area contributed by atoms with Crippen LogP contribution < -0.4 is 10.6 Å². The first-order valence-corrected chi connectivity index (χ1v) is 5.75. The zero-order valence-electron chi connectivity index (χ0n) is 10.1. The van der Waals surface area contributed by atoms with Gasteiger partial charge in [0.1, 0.15) is 12.7 Å². The quantitative estimate of drug-likeness (QED) is 0.818. The van der Waals surface area contributed by atoms with E-state index in [1.54, 1.807) is 17.2 Å². The molecule has 0 spiro atoms. The molecule has 0 unspecified atom stereocenters. The third-order valence-electron chi connectivity index (χ3n) is 2.38. The van der Waals surface area contributed by atoms with Crippen LogP contribution in [0, 0.1) is 0 Å². The second-order valence-electron chi connectivity index (χ2n) is 3.75. The first kappa shape index (κ1) is 12.3. The lowest BCUT2D eigenvalue weighted by Crippen LogP contribution is -2.27. The van der Waals surface area contributed by atoms with Crippen molar-refractivity contribution in [3.05, 3.63) is 36.9 Å². The summed E-state index contributed by atoms with van der Waals surface area (Å²) in [5.74, 6) is -0.0576. The molecular weight excluding hydrogens is 230 g/mol. The molecule has 0 aliphatic heterocycles. The maximum absolute atomic E-state index is 11.6. The number of carbonyl (C=O) groups is 1. The number of likely N-dealkylation sites (N-methyl/N-ethyl adjacent to an activating group) is 1. The van der Waals surface area contributed by atoms with E-state index >= 15 is 0 Å². The highest BCUT2D eigenvalue weighted by molar-refractivity contribution is 5.92. The van der Waals surface area contributed by atoms with Gasteiger partial charge in [0.15, 0.2) is 0 Å². The highest BCUT2D eigenvalue weighted by Gasteiger charge is 2.02. The van der Waals surface area contributed by atoms with Gasteiger partial charge in [-0.15, -0.1) is 10.2 Å². The van der Waals surface area contributed by atoms with Crippen LogP contribution in [0.15, 0.2) is 36.9 Å². The van der Waals surface area contributed by atoms with E-state index in [0.717, 1.165) is 17.9 Å². The third-order valence-corrected chi connectivity index (χ3v) is 2.38. The van der Waals surface area contributed by atoms with E-state index in [1.807, 2.05) is 31.2 Å². The summed E-state index contributed by atoms with van der Waals surface area (Å²) in [6, 6.07) is 7.51. The molecule has 2 rings (SSSR count). The van der Waals surface area contributed by atoms with Crippen molar-refractivity contribution in [2.24, 2.45) is 0 Å². The van der Waals surface area contributed by atoms with E-state index in [9.17, 15) is 4.79 Å². The summed E-state index contributed by atoms with van der Waals surface area (Å²) in [5.41, 5.74) is 1.66. The monoisotopic (exact) mass is 245 g/mol. The van der Waals surface area contributed by atoms with E-state index in [0.29, 0.717) is 6.54 Å². The summed E-state index contributed by atoms with van der Waals surface area (Å²) < 4.78 is 1.78. The van der Waals surface area contributed by atoms with Crippen LogP contribution in [-0.4, -0.2) is 33.8 Å². The Labute approximate surface area is 105 Å². The maximum Gasteiger partial charge on any atom is 0.238 e. The molecule has 0 aliphatic carbocycles. The van der Waals surface area contributed by atoms with Gasteiger partial charge in [0, 0.05) is 5.69 Å². The van der Waals surface area contributed by atoms with Crippen LogP contribution in [0.1, 0.15) is 6.92 Å². The van der Waals surface area contributed by atoms with Crippen molar-refractivity contribution in [3.8, 4) is 5.69 Å². The van der Waals surface area contributed by atoms with E-state index < -0.39 is 0 Å². The molecule has 1 aromatic carbocycles. The van der Waals surface area contributed by atoms with E-state index in [-0.39, 0.29) is 5.91 Å². The van der Waals surface area contributed by atoms with Crippen molar-refractivity contribution in [1.29, 1.82) is 0 Å². The molecular formula is C12H15N5O. The van der Waals surface area contributed by atoms with Crippen LogP contribution in [0.4, 0.5) is 5.69 Å². The van der Waals surface area contributed by atoms with Crippen LogP contribution in [0.2, 0.25) is 0 Å². The lowest BCUT2D eigenvalue weighted by atomic mass is 10.2. The lowest BCUT2D eigenvalue weighted by Gasteiger charge is -2.07. The van der Waals surface area contributed by atoms with Gasteiger partial charge < -0.3 is 10.6 Å². The molecule has 0 radical (unpaired) electrons. The molecule has 1 aromatic heterocycles. The fraction of sp³-hybridized carbons (Fsp3) is 0.250. The van der Waals surface area contributed by atoms with E-state index in [1.165, 1.54) is 0 Å². The minimum absolute atomic E-state index is 0.0576. The summed E-state index contributed by atoms with van der Waals surface area (Å²) in [6.45, 7) is 3.04. The number of hydrogen-bond acceptors (Lipinski definition) is 4. The van der Waals surface area contributed by atoms with Gasteiger partial charge in [0.05, 0.1) is 12.2 Å². The number of aromatic nitrogens is 3. The molecule has 18 heavy (non-hydrogen) atoms. The smallest absolute Gasteiger partial charge is 0.238 e. The van der Waals surface area contributed by atoms with Gasteiger partial charge in [-0.25, -0.2) is 0 Å². The Balaban J connectivity index is 2.06. The van der Waals surface area contributed by atoms with E-state index in [2.05, 4.69) is 20.8 Å². The zero-order valence-corrected chi connectivity index (χ0v) is 10.1. The minimum Gasteiger partial charge on any atom is -0.325 e. The number of carbonyl (C=O) groups excluding carboxylic acids is 1. The number of amides is 1. The van der Waals surface area contributed by atoms with Crippen LogP contribution in [-0.2, 0) is 4.79 Å². The topological polar surface area (TPSA) is 71.8 Å². The summed E-state index contributed by atoms with van der Waals surface area (Å²) in [5, 5.41) is 13.3. The van der Waals surface area contributed by atoms with Crippen LogP contribution >= 0.6 is 0 Å². The molecule has 0 fully saturated rings. The molecule has 0 atom stereocenters. The van der Waals surface area contributed by atoms with Crippen molar-refractivity contribution in [2.45, 2.75) is 6.92 Å². The molecule has 94 valence electrons. The van der Waals surface area contributed by atoms with Crippen LogP contribution in [0.25, 0.3) is 5.69 Å². The third kappa shape index (κ3) is 3.14. The number of hydrogen-bond donors (Lipinski definition) is 2. The Kier molecular flexibility index (Phi) is 4.03. The first-order valence-electron chi connectivity index (χ1n) is 5.75. The number of anilines is 1. The van der Waals surface area contributed by atoms with Gasteiger partial charge in [-0.3, -0.25) is 9.36 Å². The Morgan fingerprint density at radius 2 is 2.11 bits per heavy atom. The molecule has 6 nitrogen and oxygen atoms in total. The average Bonchev–Trinajstić information content (AvgIpc) is 2.90. The number of nitrogens with zero attached hydrogens (tertiary/aromatic N) is 3. The Bertz CT molecular complexity index is 509. The Hall–Kier alpha value is -2.21. The Morgan fingerprint density at radius 3 is 2.83 bits per heavy atom. The largest absolute Gasteiger partial charge is 0.325 e. The molecule has 1 amide bonds. The molecule has 1 heterocycles. The van der Waals surface area contributed by atoms with Crippen molar-refractivity contribution < 1.29 is 4.79 Å². The van der Waals surface area contributed by atoms with Gasteiger partial charge in [-0.1, -0.05) is 13.0 Å². The summed E-state index contributed by atoms with van der Waals surface area (Å²) in [7, 11) is 0. The zero-order chi connectivity index (χ0) is 12.8. The number of rotatable bonds is 5. The lowest BCUT2D eigenvalue weighted by molar-refractivity contribution is -0.115. The number of benzene rings is 1. The Morgan fingerprint density at radius 1 is 1.33 bits per heavy atom. The molecule has 0 saturated heterocycles. The van der Waals surface area contributed by atoms with Crippen molar-refractivity contribution in [1.82, 2.24) is 20.1 Å². The predicted octanol–water partition coefficient (Wildman–Crippen LogP) is 0.815. The standard InChI is InChI=1S/C12H15N5O/c1-2-13-7-12(18)16-10-4-3-5-11(6-10)17-8-14-15-9-17/h3-6,8-9,13H,2,7H2,1H3,(H,16,18). The maximum atomic E-state index is 11.6. The van der Waals surface area contributed by atoms with Gasteiger partial charge in [0.25, 0.3) is 0 Å². The second kappa shape index (κ2) is 5.92. The molecule has 0 bridgehead atoms. The molecule has 2 aromatic rings. The predicted molar refractivity (Wildman–Crippen MR) is 68.5 cm³/mol. The number of nitrogens with one attached hydrogen (secondary N) is 2. The normalized spacial score (nSPS) is 10.3. The SMILES string of the molecule is CCNCC(=O)Nc1cccc(-n2cnnc2)c1. The summed E-state index contributed by atoms with van der Waals surface area (Å²) >= 11 is 0. The summed E-state index contributed by atoms with van der Waals surface area (Å²) in [6.07, 6.45) is 3.22. The molecule has 6 heteroatoms. The van der Waals surface area contributed by atoms with Gasteiger partial charge >= 0.3 is 0 Å². The highest BCUT2D eigenvalue weighted by Crippen LogP contribution is 2.13. The van der Waals surface area contributed by atoms with Crippen LogP contribution in [0.3, 0.4) is 0 Å². The van der Waals surface area contributed by atoms with Gasteiger partial charge in [0.2, 0.25) is 5.91 Å². The van der Waals surface area contributed by atoms with Crippen LogP contribution in [0.5, 0.6) is 0 Å². The molecule has 0 aliphatic rings. The molecule has 0 saturated carbocycles. The van der Waals surface area contributed by atoms with Crippen molar-refractivity contribution >= 4 is 11.6 Å². The fourth-order valence-electron chi connectivity index (χ4n) is 1.52. The van der Waals surface area contributed by atoms with Gasteiger partial charge in [-0.2, -0.15) is 0 Å².